The number of halogens is 3. The number of ether oxygens (including phenoxy) is 1. The molecule has 37 heavy (non-hydrogen) atoms. The normalized spacial score (nSPS) is 14.5. The van der Waals surface area contributed by atoms with Crippen LogP contribution in [-0.2, 0) is 14.3 Å². The van der Waals surface area contributed by atoms with Crippen molar-refractivity contribution in [3.05, 3.63) is 45.1 Å². The molecule has 1 fully saturated rings. The molecule has 2 aromatic rings. The van der Waals surface area contributed by atoms with Crippen molar-refractivity contribution in [2.75, 3.05) is 36.5 Å². The smallest absolute Gasteiger partial charge is 0.315 e. The summed E-state index contributed by atoms with van der Waals surface area (Å²) < 4.78 is 33.3. The molecule has 0 bridgehead atoms. The summed E-state index contributed by atoms with van der Waals surface area (Å²) in [5.41, 5.74) is -0.459. The summed E-state index contributed by atoms with van der Waals surface area (Å²) in [6, 6.07) is 4.64. The number of urea groups is 1. The van der Waals surface area contributed by atoms with Crippen molar-refractivity contribution >= 4 is 58.1 Å². The maximum atomic E-state index is 13.9. The zero-order valence-corrected chi connectivity index (χ0v) is 21.6. The molecule has 0 saturated carbocycles. The van der Waals surface area contributed by atoms with Gasteiger partial charge in [-0.15, -0.1) is 11.3 Å². The number of amides is 5. The summed E-state index contributed by atoms with van der Waals surface area (Å²) in [7, 11) is 0. The van der Waals surface area contributed by atoms with Crippen molar-refractivity contribution in [2.24, 2.45) is 0 Å². The van der Waals surface area contributed by atoms with E-state index in [2.05, 4.69) is 21.3 Å². The van der Waals surface area contributed by atoms with Gasteiger partial charge in [-0.05, 0) is 44.2 Å². The van der Waals surface area contributed by atoms with Crippen LogP contribution in [0.3, 0.4) is 0 Å². The molecule has 14 heteroatoms. The molecule has 1 aromatic carbocycles. The Bertz CT molecular complexity index is 1160. The lowest BCUT2D eigenvalue weighted by Gasteiger charge is -2.28. The van der Waals surface area contributed by atoms with Gasteiger partial charge in [-0.2, -0.15) is 0 Å². The summed E-state index contributed by atoms with van der Waals surface area (Å²) in [5.74, 6) is -1.72. The quantitative estimate of drug-likeness (QED) is 0.376. The number of nitrogens with one attached hydrogen (secondary N) is 4. The van der Waals surface area contributed by atoms with E-state index in [4.69, 9.17) is 16.3 Å². The van der Waals surface area contributed by atoms with E-state index in [9.17, 15) is 28.0 Å². The first-order chi connectivity index (χ1) is 17.5. The highest BCUT2D eigenvalue weighted by atomic mass is 35.5. The second-order valence-electron chi connectivity index (χ2n) is 8.30. The Morgan fingerprint density at radius 2 is 1.92 bits per heavy atom. The average Bonchev–Trinajstić information content (AvgIpc) is 3.28. The van der Waals surface area contributed by atoms with Crippen LogP contribution in [-0.4, -0.2) is 62.1 Å². The fourth-order valence-corrected chi connectivity index (χ4v) is 4.37. The standard InChI is InChI=1S/C23H26ClF2N5O5S/c1-12(2)28-23(35)30-16(10-27-22(34)17-5-6-18(24)37-17)21(33)29-15-4-3-13(9-14(15)20(25)26)31-7-8-36-11-19(31)32/h3-6,9,12,16,20H,7-8,10-11H2,1-2H3,(H,27,34)(H,29,33)(H2,28,30,35)/t16-/m0/s1. The van der Waals surface area contributed by atoms with Gasteiger partial charge in [0.15, 0.2) is 0 Å². The van der Waals surface area contributed by atoms with Crippen molar-refractivity contribution in [3.8, 4) is 0 Å². The summed E-state index contributed by atoms with van der Waals surface area (Å²) >= 11 is 6.89. The highest BCUT2D eigenvalue weighted by Gasteiger charge is 2.26. The number of rotatable bonds is 9. The highest BCUT2D eigenvalue weighted by Crippen LogP contribution is 2.32. The molecular formula is C23H26ClF2N5O5S. The topological polar surface area (TPSA) is 129 Å². The molecule has 1 atom stereocenters. The van der Waals surface area contributed by atoms with Crippen LogP contribution in [0.15, 0.2) is 30.3 Å². The molecule has 0 radical (unpaired) electrons. The largest absolute Gasteiger partial charge is 0.370 e. The molecule has 0 unspecified atom stereocenters. The zero-order chi connectivity index (χ0) is 27.1. The third-order valence-corrected chi connectivity index (χ3v) is 6.36. The molecule has 1 saturated heterocycles. The molecule has 10 nitrogen and oxygen atoms in total. The first-order valence-electron chi connectivity index (χ1n) is 11.3. The molecule has 0 aliphatic carbocycles. The summed E-state index contributed by atoms with van der Waals surface area (Å²) in [6.07, 6.45) is -2.97. The van der Waals surface area contributed by atoms with Gasteiger partial charge in [0.2, 0.25) is 5.91 Å². The summed E-state index contributed by atoms with van der Waals surface area (Å²) in [4.78, 5) is 51.4. The minimum absolute atomic E-state index is 0.155. The summed E-state index contributed by atoms with van der Waals surface area (Å²) in [6.45, 7) is 3.43. The molecule has 1 aromatic heterocycles. The number of alkyl halides is 2. The summed E-state index contributed by atoms with van der Waals surface area (Å²) in [5, 5.41) is 9.95. The monoisotopic (exact) mass is 557 g/mol. The van der Waals surface area contributed by atoms with Gasteiger partial charge >= 0.3 is 6.03 Å². The fourth-order valence-electron chi connectivity index (χ4n) is 3.41. The van der Waals surface area contributed by atoms with Crippen molar-refractivity contribution in [1.82, 2.24) is 16.0 Å². The number of morpholine rings is 1. The number of benzene rings is 1. The molecule has 5 amide bonds. The minimum atomic E-state index is -2.97. The van der Waals surface area contributed by atoms with Crippen LogP contribution in [0.4, 0.5) is 25.0 Å². The lowest BCUT2D eigenvalue weighted by atomic mass is 10.1. The van der Waals surface area contributed by atoms with Gasteiger partial charge in [0.1, 0.15) is 12.6 Å². The predicted octanol–water partition coefficient (Wildman–Crippen LogP) is 3.15. The Hall–Kier alpha value is -3.29. The van der Waals surface area contributed by atoms with E-state index < -0.39 is 35.9 Å². The molecule has 1 aliphatic heterocycles. The lowest BCUT2D eigenvalue weighted by molar-refractivity contribution is -0.125. The fraction of sp³-hybridized carbons (Fsp3) is 0.391. The van der Waals surface area contributed by atoms with E-state index in [-0.39, 0.29) is 49.6 Å². The van der Waals surface area contributed by atoms with Crippen LogP contribution >= 0.6 is 22.9 Å². The maximum absolute atomic E-state index is 13.9. The second kappa shape index (κ2) is 12.8. The Morgan fingerprint density at radius 1 is 1.16 bits per heavy atom. The van der Waals surface area contributed by atoms with Gasteiger partial charge in [0, 0.05) is 36.1 Å². The number of thiophene rings is 1. The Balaban J connectivity index is 1.78. The average molecular weight is 558 g/mol. The first kappa shape index (κ1) is 28.3. The van der Waals surface area contributed by atoms with Crippen molar-refractivity contribution in [2.45, 2.75) is 32.4 Å². The Labute approximate surface area is 220 Å². The predicted molar refractivity (Wildman–Crippen MR) is 135 cm³/mol. The highest BCUT2D eigenvalue weighted by molar-refractivity contribution is 7.18. The van der Waals surface area contributed by atoms with E-state index in [0.29, 0.717) is 9.21 Å². The van der Waals surface area contributed by atoms with E-state index in [1.807, 2.05) is 0 Å². The molecule has 200 valence electrons. The van der Waals surface area contributed by atoms with Gasteiger partial charge in [0.05, 0.1) is 15.8 Å². The molecule has 0 spiro atoms. The zero-order valence-electron chi connectivity index (χ0n) is 20.0. The van der Waals surface area contributed by atoms with E-state index in [1.165, 1.54) is 23.1 Å². The van der Waals surface area contributed by atoms with Crippen LogP contribution in [0, 0.1) is 0 Å². The lowest BCUT2D eigenvalue weighted by Crippen LogP contribution is -2.54. The van der Waals surface area contributed by atoms with Crippen LogP contribution in [0.5, 0.6) is 0 Å². The van der Waals surface area contributed by atoms with Crippen molar-refractivity contribution in [3.63, 3.8) is 0 Å². The van der Waals surface area contributed by atoms with Crippen molar-refractivity contribution < 1.29 is 32.7 Å². The van der Waals surface area contributed by atoms with Gasteiger partial charge in [-0.3, -0.25) is 14.4 Å². The molecular weight excluding hydrogens is 532 g/mol. The van der Waals surface area contributed by atoms with Crippen molar-refractivity contribution in [1.29, 1.82) is 0 Å². The Morgan fingerprint density at radius 3 is 2.54 bits per heavy atom. The third-order valence-electron chi connectivity index (χ3n) is 5.13. The van der Waals surface area contributed by atoms with Crippen LogP contribution in [0.1, 0.15) is 35.5 Å². The molecule has 1 aliphatic rings. The molecule has 2 heterocycles. The number of carbonyl (C=O) groups excluding carboxylic acids is 4. The van der Waals surface area contributed by atoms with Gasteiger partial charge in [0.25, 0.3) is 18.2 Å². The number of anilines is 2. The third kappa shape index (κ3) is 7.84. The minimum Gasteiger partial charge on any atom is -0.370 e. The van der Waals surface area contributed by atoms with Gasteiger partial charge in [-0.25, -0.2) is 13.6 Å². The SMILES string of the molecule is CC(C)NC(=O)N[C@@H](CNC(=O)c1ccc(Cl)s1)C(=O)Nc1ccc(N2CCOCC2=O)cc1C(F)F. The van der Waals surface area contributed by atoms with Crippen LogP contribution in [0.2, 0.25) is 4.34 Å². The molecule has 3 rings (SSSR count). The Kier molecular flexibility index (Phi) is 9.78. The van der Waals surface area contributed by atoms with Crippen LogP contribution < -0.4 is 26.2 Å². The van der Waals surface area contributed by atoms with E-state index in [0.717, 1.165) is 17.4 Å². The van der Waals surface area contributed by atoms with E-state index in [1.54, 1.807) is 19.9 Å². The first-order valence-corrected chi connectivity index (χ1v) is 12.5. The number of carbonyl (C=O) groups is 4. The number of nitrogens with zero attached hydrogens (tertiary/aromatic N) is 1. The second-order valence-corrected chi connectivity index (χ2v) is 10.0. The number of hydrogen-bond donors (Lipinski definition) is 4. The van der Waals surface area contributed by atoms with Gasteiger partial charge < -0.3 is 30.9 Å². The van der Waals surface area contributed by atoms with Gasteiger partial charge in [-0.1, -0.05) is 11.6 Å². The van der Waals surface area contributed by atoms with Crippen LogP contribution in [0.25, 0.3) is 0 Å². The van der Waals surface area contributed by atoms with E-state index >= 15 is 0 Å². The number of hydrogen-bond acceptors (Lipinski definition) is 6. The molecule has 4 N–H and O–H groups in total. The maximum Gasteiger partial charge on any atom is 0.315 e.